The highest BCUT2D eigenvalue weighted by Gasteiger charge is 2.21. The van der Waals surface area contributed by atoms with Gasteiger partial charge in [-0.1, -0.05) is 6.07 Å². The Morgan fingerprint density at radius 3 is 2.14 bits per heavy atom. The van der Waals surface area contributed by atoms with E-state index in [-0.39, 0.29) is 5.91 Å². The minimum absolute atomic E-state index is 0.0922. The van der Waals surface area contributed by atoms with Crippen LogP contribution in [0.15, 0.2) is 66.0 Å². The molecule has 0 spiro atoms. The number of carbonyl (C=O) groups is 1. The Kier molecular flexibility index (Phi) is 7.27. The zero-order valence-electron chi connectivity index (χ0n) is 17.1. The monoisotopic (exact) mass is 411 g/mol. The number of ether oxygens (including phenoxy) is 2. The van der Waals surface area contributed by atoms with Crippen LogP contribution < -0.4 is 19.3 Å². The van der Waals surface area contributed by atoms with E-state index in [1.807, 2.05) is 71.9 Å². The van der Waals surface area contributed by atoms with Crippen LogP contribution in [0.25, 0.3) is 0 Å². The number of hydrogen-bond donors (Lipinski definition) is 1. The smallest absolute Gasteiger partial charge is 0.282 e. The van der Waals surface area contributed by atoms with Gasteiger partial charge in [0.1, 0.15) is 18.0 Å². The Morgan fingerprint density at radius 1 is 0.966 bits per heavy atom. The fraction of sp³-hybridized carbons (Fsp3) is 0.261. The van der Waals surface area contributed by atoms with Gasteiger partial charge in [0.15, 0.2) is 6.54 Å². The molecule has 2 aromatic carbocycles. The van der Waals surface area contributed by atoms with E-state index in [9.17, 15) is 4.79 Å². The lowest BCUT2D eigenvalue weighted by atomic mass is 10.2. The van der Waals surface area contributed by atoms with Gasteiger partial charge in [-0.2, -0.15) is 0 Å². The molecule has 3 rings (SSSR count). The maximum Gasteiger partial charge on any atom is 0.282 e. The molecule has 1 N–H and O–H groups in total. The average molecular weight is 412 g/mol. The Hall–Kier alpha value is -2.83. The second kappa shape index (κ2) is 10.1. The van der Waals surface area contributed by atoms with E-state index in [4.69, 9.17) is 9.47 Å². The van der Waals surface area contributed by atoms with Gasteiger partial charge in [0.05, 0.1) is 27.8 Å². The lowest BCUT2D eigenvalue weighted by molar-refractivity contribution is -0.885. The van der Waals surface area contributed by atoms with Gasteiger partial charge in [-0.05, 0) is 60.0 Å². The van der Waals surface area contributed by atoms with Crippen LogP contribution in [0.1, 0.15) is 10.4 Å². The van der Waals surface area contributed by atoms with Crippen molar-refractivity contribution in [3.8, 4) is 11.5 Å². The summed E-state index contributed by atoms with van der Waals surface area (Å²) in [6, 6.07) is 19.7. The SMILES string of the molecule is COc1ccc(C[NH+](C)CC(=O)N(Cc2cccs2)c2ccc(OC)cc2)cc1. The molecule has 6 heteroatoms. The number of nitrogens with one attached hydrogen (secondary N) is 1. The molecule has 152 valence electrons. The summed E-state index contributed by atoms with van der Waals surface area (Å²) >= 11 is 1.66. The molecule has 0 aliphatic heterocycles. The van der Waals surface area contributed by atoms with Crippen molar-refractivity contribution in [2.45, 2.75) is 13.1 Å². The zero-order chi connectivity index (χ0) is 20.6. The third kappa shape index (κ3) is 5.82. The fourth-order valence-corrected chi connectivity index (χ4v) is 3.84. The summed E-state index contributed by atoms with van der Waals surface area (Å²) in [6.45, 7) is 1.74. The number of methoxy groups -OCH3 is 2. The first-order chi connectivity index (χ1) is 14.1. The number of nitrogens with zero attached hydrogens (tertiary/aromatic N) is 1. The van der Waals surface area contributed by atoms with Gasteiger partial charge in [0.25, 0.3) is 5.91 Å². The zero-order valence-corrected chi connectivity index (χ0v) is 17.9. The molecule has 0 bridgehead atoms. The highest BCUT2D eigenvalue weighted by molar-refractivity contribution is 7.09. The highest BCUT2D eigenvalue weighted by atomic mass is 32.1. The number of anilines is 1. The van der Waals surface area contributed by atoms with Crippen molar-refractivity contribution in [3.63, 3.8) is 0 Å². The lowest BCUT2D eigenvalue weighted by Crippen LogP contribution is -3.08. The maximum absolute atomic E-state index is 13.2. The molecule has 0 saturated carbocycles. The van der Waals surface area contributed by atoms with Gasteiger partial charge >= 0.3 is 0 Å². The van der Waals surface area contributed by atoms with Crippen molar-refractivity contribution in [1.29, 1.82) is 0 Å². The molecule has 29 heavy (non-hydrogen) atoms. The van der Waals surface area contributed by atoms with Crippen LogP contribution in [0, 0.1) is 0 Å². The molecule has 0 aliphatic rings. The Morgan fingerprint density at radius 2 is 1.59 bits per heavy atom. The van der Waals surface area contributed by atoms with Crippen molar-refractivity contribution in [2.24, 2.45) is 0 Å². The predicted octanol–water partition coefficient (Wildman–Crippen LogP) is 3.01. The largest absolute Gasteiger partial charge is 0.497 e. The molecule has 1 atom stereocenters. The van der Waals surface area contributed by atoms with E-state index in [0.717, 1.165) is 33.5 Å². The Labute approximate surface area is 176 Å². The quantitative estimate of drug-likeness (QED) is 0.589. The highest BCUT2D eigenvalue weighted by Crippen LogP contribution is 2.22. The number of benzene rings is 2. The Balaban J connectivity index is 1.70. The third-order valence-electron chi connectivity index (χ3n) is 4.70. The standard InChI is InChI=1S/C23H26N2O3S/c1-24(15-18-6-10-20(27-2)11-7-18)17-23(26)25(16-22-5-4-14-29-22)19-8-12-21(28-3)13-9-19/h4-14H,15-17H2,1-3H3/p+1. The van der Waals surface area contributed by atoms with Crippen LogP contribution in [0.3, 0.4) is 0 Å². The number of thiophene rings is 1. The normalized spacial score (nSPS) is 11.7. The molecule has 0 fully saturated rings. The summed E-state index contributed by atoms with van der Waals surface area (Å²) in [5.74, 6) is 1.71. The molecule has 5 nitrogen and oxygen atoms in total. The van der Waals surface area contributed by atoms with Gasteiger partial charge in [-0.15, -0.1) is 11.3 Å². The maximum atomic E-state index is 13.2. The van der Waals surface area contributed by atoms with Crippen LogP contribution in [0.4, 0.5) is 5.69 Å². The summed E-state index contributed by atoms with van der Waals surface area (Å²) in [7, 11) is 5.34. The van der Waals surface area contributed by atoms with Crippen molar-refractivity contribution in [2.75, 3.05) is 32.7 Å². The summed E-state index contributed by atoms with van der Waals surface area (Å²) in [6.07, 6.45) is 0. The number of quaternary nitrogens is 1. The van der Waals surface area contributed by atoms with Gasteiger partial charge in [0.2, 0.25) is 0 Å². The summed E-state index contributed by atoms with van der Waals surface area (Å²) in [5.41, 5.74) is 2.05. The van der Waals surface area contributed by atoms with Gasteiger partial charge in [-0.25, -0.2) is 0 Å². The van der Waals surface area contributed by atoms with E-state index in [1.165, 1.54) is 5.56 Å². The number of rotatable bonds is 9. The third-order valence-corrected chi connectivity index (χ3v) is 5.56. The molecular weight excluding hydrogens is 384 g/mol. The van der Waals surface area contributed by atoms with E-state index in [0.29, 0.717) is 13.1 Å². The molecule has 1 heterocycles. The second-order valence-electron chi connectivity index (χ2n) is 6.92. The molecule has 1 amide bonds. The summed E-state index contributed by atoms with van der Waals surface area (Å²) in [5, 5.41) is 2.03. The van der Waals surface area contributed by atoms with Crippen LogP contribution >= 0.6 is 11.3 Å². The van der Waals surface area contributed by atoms with Crippen LogP contribution in [-0.4, -0.2) is 33.7 Å². The molecule has 1 unspecified atom stereocenters. The summed E-state index contributed by atoms with van der Waals surface area (Å²) < 4.78 is 10.5. The number of carbonyl (C=O) groups excluding carboxylic acids is 1. The molecule has 0 aliphatic carbocycles. The first-order valence-electron chi connectivity index (χ1n) is 9.50. The van der Waals surface area contributed by atoms with E-state index in [1.54, 1.807) is 25.6 Å². The van der Waals surface area contributed by atoms with Crippen molar-refractivity contribution in [1.82, 2.24) is 0 Å². The first kappa shape index (κ1) is 20.9. The average Bonchev–Trinajstić information content (AvgIpc) is 3.26. The van der Waals surface area contributed by atoms with Crippen molar-refractivity contribution in [3.05, 3.63) is 76.5 Å². The summed E-state index contributed by atoms with van der Waals surface area (Å²) in [4.78, 5) is 17.3. The molecule has 1 aromatic heterocycles. The van der Waals surface area contributed by atoms with E-state index >= 15 is 0 Å². The van der Waals surface area contributed by atoms with Crippen molar-refractivity contribution < 1.29 is 19.2 Å². The molecule has 0 radical (unpaired) electrons. The van der Waals surface area contributed by atoms with Crippen LogP contribution in [0.2, 0.25) is 0 Å². The van der Waals surface area contributed by atoms with Crippen LogP contribution in [-0.2, 0) is 17.9 Å². The minimum atomic E-state index is 0.0922. The topological polar surface area (TPSA) is 43.2 Å². The minimum Gasteiger partial charge on any atom is -0.497 e. The van der Waals surface area contributed by atoms with E-state index in [2.05, 4.69) is 6.07 Å². The molecule has 0 saturated heterocycles. The fourth-order valence-electron chi connectivity index (χ4n) is 3.15. The first-order valence-corrected chi connectivity index (χ1v) is 10.4. The number of hydrogen-bond acceptors (Lipinski definition) is 4. The number of likely N-dealkylation sites (N-methyl/N-ethyl adjacent to an activating group) is 1. The van der Waals surface area contributed by atoms with Gasteiger partial charge in [0, 0.05) is 16.1 Å². The van der Waals surface area contributed by atoms with Gasteiger partial charge < -0.3 is 19.3 Å². The lowest BCUT2D eigenvalue weighted by Gasteiger charge is -2.24. The predicted molar refractivity (Wildman–Crippen MR) is 117 cm³/mol. The van der Waals surface area contributed by atoms with E-state index < -0.39 is 0 Å². The second-order valence-corrected chi connectivity index (χ2v) is 7.95. The Bertz CT molecular complexity index is 893. The van der Waals surface area contributed by atoms with Gasteiger partial charge in [-0.3, -0.25) is 4.79 Å². The molecule has 3 aromatic rings. The molecular formula is C23H27N2O3S+. The number of amides is 1. The van der Waals surface area contributed by atoms with Crippen molar-refractivity contribution >= 4 is 22.9 Å². The van der Waals surface area contributed by atoms with Crippen LogP contribution in [0.5, 0.6) is 11.5 Å².